The van der Waals surface area contributed by atoms with Gasteiger partial charge in [-0.1, -0.05) is 52.3 Å². The zero-order valence-corrected chi connectivity index (χ0v) is 14.8. The van der Waals surface area contributed by atoms with Gasteiger partial charge in [0.2, 0.25) is 0 Å². The lowest BCUT2D eigenvalue weighted by Gasteiger charge is -2.19. The Labute approximate surface area is 150 Å². The number of anilines is 2. The summed E-state index contributed by atoms with van der Waals surface area (Å²) in [5.41, 5.74) is 1.76. The number of hydrogen-bond acceptors (Lipinski definition) is 4. The summed E-state index contributed by atoms with van der Waals surface area (Å²) in [7, 11) is 0. The third-order valence-corrected chi connectivity index (χ3v) is 4.97. The smallest absolute Gasteiger partial charge is 0.351 e. The molecule has 124 valence electrons. The lowest BCUT2D eigenvalue weighted by Crippen LogP contribution is -2.23. The van der Waals surface area contributed by atoms with Crippen molar-refractivity contribution in [3.63, 3.8) is 0 Å². The largest absolute Gasteiger partial charge is 0.457 e. The van der Waals surface area contributed by atoms with E-state index in [0.29, 0.717) is 0 Å². The van der Waals surface area contributed by atoms with Crippen LogP contribution in [0.25, 0.3) is 0 Å². The van der Waals surface area contributed by atoms with Crippen LogP contribution in [-0.2, 0) is 9.53 Å². The standard InChI is InChI=1S/C19H19BrN2O2/c20-17-12-7-13-18(17)24-19(23)14-21-22(15-8-3-1-4-9-15)16-10-5-2-6-11-16/h1-6,8-11,14,17-18H,7,12-13H2/b21-14-/t17-,18-/m0/s1. The van der Waals surface area contributed by atoms with E-state index in [1.807, 2.05) is 60.7 Å². The highest BCUT2D eigenvalue weighted by Gasteiger charge is 2.27. The lowest BCUT2D eigenvalue weighted by atomic mass is 10.2. The van der Waals surface area contributed by atoms with E-state index in [-0.39, 0.29) is 10.9 Å². The van der Waals surface area contributed by atoms with Gasteiger partial charge in [0.1, 0.15) is 12.3 Å². The first kappa shape index (κ1) is 16.7. The van der Waals surface area contributed by atoms with E-state index >= 15 is 0 Å². The molecular weight excluding hydrogens is 368 g/mol. The number of benzene rings is 2. The van der Waals surface area contributed by atoms with E-state index < -0.39 is 5.97 Å². The van der Waals surface area contributed by atoms with E-state index in [4.69, 9.17) is 4.74 Å². The summed E-state index contributed by atoms with van der Waals surface area (Å²) in [5, 5.41) is 6.07. The molecule has 0 radical (unpaired) electrons. The maximum atomic E-state index is 12.1. The SMILES string of the molecule is O=C(/C=N\N(c1ccccc1)c1ccccc1)O[C@H]1CCC[C@@H]1Br. The number of para-hydroxylation sites is 2. The molecule has 1 aliphatic rings. The van der Waals surface area contributed by atoms with Gasteiger partial charge in [0.05, 0.1) is 16.2 Å². The van der Waals surface area contributed by atoms with Crippen LogP contribution in [0.4, 0.5) is 11.4 Å². The third kappa shape index (κ3) is 4.23. The van der Waals surface area contributed by atoms with Crippen molar-refractivity contribution < 1.29 is 9.53 Å². The molecule has 4 nitrogen and oxygen atoms in total. The number of ether oxygens (including phenoxy) is 1. The average molecular weight is 387 g/mol. The maximum Gasteiger partial charge on any atom is 0.351 e. The summed E-state index contributed by atoms with van der Waals surface area (Å²) in [6.45, 7) is 0. The summed E-state index contributed by atoms with van der Waals surface area (Å²) in [6, 6.07) is 19.4. The first-order valence-electron chi connectivity index (χ1n) is 8.03. The number of esters is 1. The third-order valence-electron chi connectivity index (χ3n) is 3.92. The highest BCUT2D eigenvalue weighted by molar-refractivity contribution is 9.09. The van der Waals surface area contributed by atoms with Crippen LogP contribution in [-0.4, -0.2) is 23.1 Å². The second-order valence-electron chi connectivity index (χ2n) is 5.65. The monoisotopic (exact) mass is 386 g/mol. The van der Waals surface area contributed by atoms with Gasteiger partial charge in [0.25, 0.3) is 0 Å². The van der Waals surface area contributed by atoms with Crippen molar-refractivity contribution >= 4 is 39.5 Å². The van der Waals surface area contributed by atoms with E-state index in [9.17, 15) is 4.79 Å². The highest BCUT2D eigenvalue weighted by atomic mass is 79.9. The minimum atomic E-state index is -0.414. The van der Waals surface area contributed by atoms with Crippen molar-refractivity contribution in [2.45, 2.75) is 30.2 Å². The van der Waals surface area contributed by atoms with Crippen LogP contribution in [0.15, 0.2) is 65.8 Å². The van der Waals surface area contributed by atoms with Gasteiger partial charge in [0.15, 0.2) is 0 Å². The molecule has 24 heavy (non-hydrogen) atoms. The molecule has 0 N–H and O–H groups in total. The van der Waals surface area contributed by atoms with Crippen molar-refractivity contribution in [1.82, 2.24) is 0 Å². The molecular formula is C19H19BrN2O2. The van der Waals surface area contributed by atoms with Crippen molar-refractivity contribution in [2.75, 3.05) is 5.01 Å². The molecule has 1 aliphatic carbocycles. The zero-order chi connectivity index (χ0) is 16.8. The molecule has 2 aromatic rings. The minimum absolute atomic E-state index is 0.0640. The van der Waals surface area contributed by atoms with Gasteiger partial charge in [0, 0.05) is 0 Å². The molecule has 5 heteroatoms. The van der Waals surface area contributed by atoms with Crippen LogP contribution < -0.4 is 5.01 Å². The molecule has 0 unspecified atom stereocenters. The van der Waals surface area contributed by atoms with Gasteiger partial charge in [-0.2, -0.15) is 5.10 Å². The molecule has 0 spiro atoms. The van der Waals surface area contributed by atoms with Crippen LogP contribution in [0, 0.1) is 0 Å². The van der Waals surface area contributed by atoms with Gasteiger partial charge in [-0.25, -0.2) is 9.80 Å². The normalized spacial score (nSPS) is 20.2. The van der Waals surface area contributed by atoms with E-state index in [2.05, 4.69) is 21.0 Å². The molecule has 2 aromatic carbocycles. The molecule has 3 rings (SSSR count). The number of alkyl halides is 1. The van der Waals surface area contributed by atoms with Crippen molar-refractivity contribution in [2.24, 2.45) is 5.10 Å². The Morgan fingerprint density at radius 2 is 1.62 bits per heavy atom. The molecule has 0 aliphatic heterocycles. The Morgan fingerprint density at radius 3 is 2.12 bits per heavy atom. The van der Waals surface area contributed by atoms with Crippen molar-refractivity contribution in [3.8, 4) is 0 Å². The van der Waals surface area contributed by atoms with Gasteiger partial charge in [-0.3, -0.25) is 0 Å². The molecule has 0 heterocycles. The Balaban J connectivity index is 1.75. The van der Waals surface area contributed by atoms with Gasteiger partial charge in [-0.05, 0) is 43.5 Å². The van der Waals surface area contributed by atoms with E-state index in [1.165, 1.54) is 6.21 Å². The first-order chi connectivity index (χ1) is 11.7. The lowest BCUT2D eigenvalue weighted by molar-refractivity contribution is -0.139. The Morgan fingerprint density at radius 1 is 1.04 bits per heavy atom. The Hall–Kier alpha value is -2.14. The predicted molar refractivity (Wildman–Crippen MR) is 100.0 cm³/mol. The Kier molecular flexibility index (Phi) is 5.64. The molecule has 1 fully saturated rings. The minimum Gasteiger partial charge on any atom is -0.457 e. The number of carbonyl (C=O) groups excluding carboxylic acids is 1. The second kappa shape index (κ2) is 8.11. The molecule has 2 atom stereocenters. The zero-order valence-electron chi connectivity index (χ0n) is 13.2. The second-order valence-corrected chi connectivity index (χ2v) is 6.83. The number of nitrogens with zero attached hydrogens (tertiary/aromatic N) is 2. The molecule has 0 amide bonds. The quantitative estimate of drug-likeness (QED) is 0.324. The number of halogens is 1. The maximum absolute atomic E-state index is 12.1. The van der Waals surface area contributed by atoms with Gasteiger partial charge < -0.3 is 4.74 Å². The number of hydrazone groups is 1. The highest BCUT2D eigenvalue weighted by Crippen LogP contribution is 2.28. The average Bonchev–Trinajstić information content (AvgIpc) is 3.02. The van der Waals surface area contributed by atoms with Crippen molar-refractivity contribution in [1.29, 1.82) is 0 Å². The van der Waals surface area contributed by atoms with Crippen LogP contribution >= 0.6 is 15.9 Å². The number of rotatable bonds is 5. The van der Waals surface area contributed by atoms with Crippen molar-refractivity contribution in [3.05, 3.63) is 60.7 Å². The molecule has 0 aromatic heterocycles. The van der Waals surface area contributed by atoms with Crippen LogP contribution in [0.5, 0.6) is 0 Å². The van der Waals surface area contributed by atoms with Gasteiger partial charge in [-0.15, -0.1) is 0 Å². The van der Waals surface area contributed by atoms with Crippen LogP contribution in [0.1, 0.15) is 19.3 Å². The fourth-order valence-corrected chi connectivity index (χ4v) is 3.41. The Bertz CT molecular complexity index is 652. The molecule has 1 saturated carbocycles. The summed E-state index contributed by atoms with van der Waals surface area (Å²) >= 11 is 3.55. The summed E-state index contributed by atoms with van der Waals surface area (Å²) in [4.78, 5) is 12.3. The number of carbonyl (C=O) groups is 1. The predicted octanol–water partition coefficient (Wildman–Crippen LogP) is 4.67. The molecule has 0 bridgehead atoms. The summed E-state index contributed by atoms with van der Waals surface area (Å²) in [6.07, 6.45) is 4.19. The fourth-order valence-electron chi connectivity index (χ4n) is 2.72. The first-order valence-corrected chi connectivity index (χ1v) is 8.94. The van der Waals surface area contributed by atoms with Crippen LogP contribution in [0.2, 0.25) is 0 Å². The van der Waals surface area contributed by atoms with E-state index in [1.54, 1.807) is 5.01 Å². The van der Waals surface area contributed by atoms with E-state index in [0.717, 1.165) is 30.6 Å². The van der Waals surface area contributed by atoms with Gasteiger partial charge >= 0.3 is 5.97 Å². The van der Waals surface area contributed by atoms with Crippen LogP contribution in [0.3, 0.4) is 0 Å². The topological polar surface area (TPSA) is 41.9 Å². The summed E-state index contributed by atoms with van der Waals surface area (Å²) < 4.78 is 5.48. The molecule has 0 saturated heterocycles. The summed E-state index contributed by atoms with van der Waals surface area (Å²) in [5.74, 6) is -0.414. The fraction of sp³-hybridized carbons (Fsp3) is 0.263. The number of hydrogen-bond donors (Lipinski definition) is 0.